The second-order valence-electron chi connectivity index (χ2n) is 9.01. The van der Waals surface area contributed by atoms with E-state index in [4.69, 9.17) is 0 Å². The number of nitrogens with one attached hydrogen (secondary N) is 2. The highest BCUT2D eigenvalue weighted by atomic mass is 32.1. The second kappa shape index (κ2) is 14.7. The van der Waals surface area contributed by atoms with Crippen molar-refractivity contribution in [3.8, 4) is 22.5 Å². The van der Waals surface area contributed by atoms with Gasteiger partial charge in [-0.05, 0) is 36.1 Å². The van der Waals surface area contributed by atoms with Crippen molar-refractivity contribution < 1.29 is 2.85 Å². The second-order valence-corrected chi connectivity index (χ2v) is 10.7. The first-order valence-electron chi connectivity index (χ1n) is 13.3. The van der Waals surface area contributed by atoms with Crippen LogP contribution in [0.25, 0.3) is 22.5 Å². The molecule has 3 aromatic carbocycles. The highest BCUT2D eigenvalue weighted by Gasteiger charge is 2.05. The van der Waals surface area contributed by atoms with Crippen LogP contribution in [0.4, 0.5) is 10.3 Å². The molecule has 6 rings (SSSR count). The molecule has 0 atom stereocenters. The zero-order chi connectivity index (χ0) is 27.2. The molecule has 0 saturated heterocycles. The summed E-state index contributed by atoms with van der Waals surface area (Å²) in [5.41, 5.74) is 6.92. The molecule has 6 aromatic rings. The summed E-state index contributed by atoms with van der Waals surface area (Å²) in [6, 6.07) is 35.2. The molecule has 40 heavy (non-hydrogen) atoms. The molecule has 3 heterocycles. The average molecular weight is 566 g/mol. The predicted molar refractivity (Wildman–Crippen MR) is 174 cm³/mol. The van der Waals surface area contributed by atoms with E-state index in [2.05, 4.69) is 97.0 Å². The molecule has 0 aliphatic rings. The highest BCUT2D eigenvalue weighted by molar-refractivity contribution is 7.14. The third-order valence-electron chi connectivity index (χ3n) is 6.10. The van der Waals surface area contributed by atoms with E-state index in [0.717, 1.165) is 53.1 Å². The maximum absolute atomic E-state index is 4.62. The topological polar surface area (TPSA) is 62.7 Å². The van der Waals surface area contributed by atoms with Gasteiger partial charge in [0.15, 0.2) is 10.3 Å². The van der Waals surface area contributed by atoms with Crippen molar-refractivity contribution in [2.45, 2.75) is 12.8 Å². The van der Waals surface area contributed by atoms with E-state index in [1.165, 1.54) is 16.7 Å². The van der Waals surface area contributed by atoms with Gasteiger partial charge in [0.25, 0.3) is 0 Å². The van der Waals surface area contributed by atoms with Gasteiger partial charge in [-0.25, -0.2) is 9.97 Å². The monoisotopic (exact) mass is 565 g/mol. The van der Waals surface area contributed by atoms with Crippen LogP contribution in [-0.4, -0.2) is 28.0 Å². The van der Waals surface area contributed by atoms with Crippen LogP contribution in [0.1, 0.15) is 14.0 Å². The summed E-state index contributed by atoms with van der Waals surface area (Å²) >= 11 is 3.29. The van der Waals surface area contributed by atoms with Crippen LogP contribution in [0, 0.1) is 0 Å². The van der Waals surface area contributed by atoms with E-state index >= 15 is 0 Å². The van der Waals surface area contributed by atoms with Crippen molar-refractivity contribution >= 4 is 32.9 Å². The van der Waals surface area contributed by atoms with Crippen LogP contribution in [0.3, 0.4) is 0 Å². The summed E-state index contributed by atoms with van der Waals surface area (Å²) in [5, 5.41) is 12.9. The van der Waals surface area contributed by atoms with Gasteiger partial charge in [0.1, 0.15) is 0 Å². The number of anilines is 2. The lowest BCUT2D eigenvalue weighted by molar-refractivity contribution is 1.02. The van der Waals surface area contributed by atoms with Crippen molar-refractivity contribution in [2.75, 3.05) is 23.7 Å². The van der Waals surface area contributed by atoms with Crippen molar-refractivity contribution in [1.82, 2.24) is 15.0 Å². The maximum atomic E-state index is 4.62. The largest absolute Gasteiger partial charge is 0.361 e. The van der Waals surface area contributed by atoms with Gasteiger partial charge in [-0.1, -0.05) is 91.0 Å². The van der Waals surface area contributed by atoms with Crippen LogP contribution in [0.15, 0.2) is 126 Å². The predicted octanol–water partition coefficient (Wildman–Crippen LogP) is 8.82. The number of hydrogen-bond donors (Lipinski definition) is 2. The zero-order valence-electron chi connectivity index (χ0n) is 22.1. The summed E-state index contributed by atoms with van der Waals surface area (Å²) in [6.45, 7) is 1.80. The SMILES string of the molecule is [HH].[HH].c1ccc(CCNc2nc(-c3ccccc3)cs2)cc1.c1ccc(CCNc2nc(-c3cccnc3)cs2)cc1. The zero-order valence-corrected chi connectivity index (χ0v) is 23.7. The molecule has 0 unspecified atom stereocenters. The van der Waals surface area contributed by atoms with Gasteiger partial charge in [0.05, 0.1) is 11.4 Å². The molecule has 0 radical (unpaired) electrons. The van der Waals surface area contributed by atoms with Crippen LogP contribution < -0.4 is 10.6 Å². The Balaban J connectivity index is 0.000000220. The van der Waals surface area contributed by atoms with Gasteiger partial charge in [0.2, 0.25) is 0 Å². The fourth-order valence-electron chi connectivity index (χ4n) is 4.02. The molecule has 7 heteroatoms. The molecule has 204 valence electrons. The van der Waals surface area contributed by atoms with Crippen molar-refractivity contribution in [2.24, 2.45) is 0 Å². The molecule has 0 aliphatic heterocycles. The van der Waals surface area contributed by atoms with E-state index in [9.17, 15) is 0 Å². The Hall–Kier alpha value is -4.33. The molecule has 0 bridgehead atoms. The number of hydrogen-bond acceptors (Lipinski definition) is 7. The molecule has 5 nitrogen and oxygen atoms in total. The van der Waals surface area contributed by atoms with Crippen LogP contribution >= 0.6 is 22.7 Å². The molecule has 3 aromatic heterocycles. The molecular formula is C33H35N5S2. The molecule has 0 saturated carbocycles. The minimum Gasteiger partial charge on any atom is -0.361 e. The summed E-state index contributed by atoms with van der Waals surface area (Å²) in [6.07, 6.45) is 5.63. The number of pyridine rings is 1. The third-order valence-corrected chi connectivity index (χ3v) is 7.70. The normalized spacial score (nSPS) is 10.4. The Morgan fingerprint density at radius 2 is 1.02 bits per heavy atom. The molecule has 0 spiro atoms. The van der Waals surface area contributed by atoms with Crippen LogP contribution in [0.5, 0.6) is 0 Å². The Bertz CT molecular complexity index is 1430. The first-order valence-corrected chi connectivity index (χ1v) is 15.0. The molecule has 2 N–H and O–H groups in total. The summed E-state index contributed by atoms with van der Waals surface area (Å²) in [7, 11) is 0. The fourth-order valence-corrected chi connectivity index (χ4v) is 5.51. The maximum Gasteiger partial charge on any atom is 0.183 e. The lowest BCUT2D eigenvalue weighted by Crippen LogP contribution is -2.04. The summed E-state index contributed by atoms with van der Waals surface area (Å²) in [4.78, 5) is 13.3. The van der Waals surface area contributed by atoms with E-state index < -0.39 is 0 Å². The first-order chi connectivity index (χ1) is 19.8. The van der Waals surface area contributed by atoms with Gasteiger partial charge in [-0.2, -0.15) is 0 Å². The lowest BCUT2D eigenvalue weighted by Gasteiger charge is -2.02. The minimum atomic E-state index is 0. The van der Waals surface area contributed by atoms with Crippen LogP contribution in [-0.2, 0) is 12.8 Å². The van der Waals surface area contributed by atoms with Crippen molar-refractivity contribution in [1.29, 1.82) is 0 Å². The average Bonchev–Trinajstić information content (AvgIpc) is 3.70. The Labute approximate surface area is 246 Å². The summed E-state index contributed by atoms with van der Waals surface area (Å²) in [5.74, 6) is 0. The van der Waals surface area contributed by atoms with E-state index in [0.29, 0.717) is 0 Å². The molecule has 0 fully saturated rings. The Morgan fingerprint density at radius 1 is 0.550 bits per heavy atom. The van der Waals surface area contributed by atoms with Gasteiger partial charge in [-0.3, -0.25) is 4.98 Å². The van der Waals surface area contributed by atoms with Crippen molar-refractivity contribution in [3.05, 3.63) is 137 Å². The Kier molecular flexibility index (Phi) is 10.0. The van der Waals surface area contributed by atoms with Gasteiger partial charge in [-0.15, -0.1) is 22.7 Å². The minimum absolute atomic E-state index is 0. The number of benzene rings is 3. The third kappa shape index (κ3) is 8.33. The van der Waals surface area contributed by atoms with E-state index in [1.807, 2.05) is 48.7 Å². The quantitative estimate of drug-likeness (QED) is 0.174. The van der Waals surface area contributed by atoms with Gasteiger partial charge >= 0.3 is 0 Å². The van der Waals surface area contributed by atoms with E-state index in [1.54, 1.807) is 28.9 Å². The lowest BCUT2D eigenvalue weighted by atomic mass is 10.1. The molecular weight excluding hydrogens is 531 g/mol. The smallest absolute Gasteiger partial charge is 0.183 e. The van der Waals surface area contributed by atoms with Crippen molar-refractivity contribution in [3.63, 3.8) is 0 Å². The Morgan fingerprint density at radius 3 is 1.52 bits per heavy atom. The fraction of sp³-hybridized carbons (Fsp3) is 0.121. The van der Waals surface area contributed by atoms with Gasteiger partial charge in [0, 0.05) is 50.2 Å². The first kappa shape index (κ1) is 27.2. The number of thiazole rings is 2. The standard InChI is InChI=1S/C17H16N2S.C16H15N3S.2H2/c1-3-7-14(8-4-1)11-12-18-17-19-16(13-20-17)15-9-5-2-6-10-15;1-2-5-13(6-3-1)8-10-18-16-19-15(12-20-16)14-7-4-9-17-11-14;;/h1-10,13H,11-12H2,(H,18,19);1-7,9,11-12H,8,10H2,(H,18,19);2*1H. The number of aromatic nitrogens is 3. The number of nitrogens with zero attached hydrogens (tertiary/aromatic N) is 3. The van der Waals surface area contributed by atoms with Crippen LogP contribution in [0.2, 0.25) is 0 Å². The molecule has 0 aliphatic carbocycles. The van der Waals surface area contributed by atoms with E-state index in [-0.39, 0.29) is 2.85 Å². The number of rotatable bonds is 10. The summed E-state index contributed by atoms with van der Waals surface area (Å²) < 4.78 is 0. The molecule has 0 amide bonds. The highest BCUT2D eigenvalue weighted by Crippen LogP contribution is 2.25. The van der Waals surface area contributed by atoms with Gasteiger partial charge < -0.3 is 10.6 Å².